The van der Waals surface area contributed by atoms with E-state index in [4.69, 9.17) is 14.2 Å². The molecule has 1 aliphatic rings. The van der Waals surface area contributed by atoms with Crippen molar-refractivity contribution in [3.05, 3.63) is 17.7 Å². The summed E-state index contributed by atoms with van der Waals surface area (Å²) in [5.41, 5.74) is 0.746. The first-order valence-electron chi connectivity index (χ1n) is 8.30. The van der Waals surface area contributed by atoms with E-state index in [0.29, 0.717) is 23.7 Å². The summed E-state index contributed by atoms with van der Waals surface area (Å²) in [6.45, 7) is 5.43. The average molecular weight is 323 g/mol. The van der Waals surface area contributed by atoms with Crippen molar-refractivity contribution < 1.29 is 19.3 Å². The molecule has 2 rings (SSSR count). The van der Waals surface area contributed by atoms with E-state index in [0.717, 1.165) is 31.1 Å². The van der Waals surface area contributed by atoms with Crippen LogP contribution in [0.2, 0.25) is 0 Å². The third-order valence-corrected chi connectivity index (χ3v) is 4.55. The number of rotatable bonds is 7. The van der Waals surface area contributed by atoms with Gasteiger partial charge < -0.3 is 24.2 Å². The quantitative estimate of drug-likeness (QED) is 0.836. The van der Waals surface area contributed by atoms with Crippen molar-refractivity contribution >= 4 is 0 Å². The van der Waals surface area contributed by atoms with Gasteiger partial charge in [0.2, 0.25) is 5.75 Å². The molecule has 2 atom stereocenters. The summed E-state index contributed by atoms with van der Waals surface area (Å²) in [6, 6.07) is 3.66. The lowest BCUT2D eigenvalue weighted by atomic mass is 9.99. The molecular weight excluding hydrogens is 294 g/mol. The topological polar surface area (TPSA) is 51.2 Å². The highest BCUT2D eigenvalue weighted by Gasteiger charge is 2.22. The Labute approximate surface area is 139 Å². The molecule has 1 saturated heterocycles. The minimum atomic E-state index is -0.581. The van der Waals surface area contributed by atoms with E-state index in [2.05, 4.69) is 11.8 Å². The standard InChI is InChI=1S/C18H29NO4/c1-13-6-5-10-19(12-13)11-9-15(20)14-7-8-16(21-2)18(23-4)17(14)22-3/h7-8,13,15,20H,5-6,9-12H2,1-4H3. The number of piperidine rings is 1. The first-order valence-corrected chi connectivity index (χ1v) is 8.30. The van der Waals surface area contributed by atoms with Gasteiger partial charge in [-0.05, 0) is 43.9 Å². The summed E-state index contributed by atoms with van der Waals surface area (Å²) >= 11 is 0. The van der Waals surface area contributed by atoms with Crippen molar-refractivity contribution in [1.29, 1.82) is 0 Å². The van der Waals surface area contributed by atoms with Gasteiger partial charge in [-0.2, -0.15) is 0 Å². The predicted octanol–water partition coefficient (Wildman–Crippen LogP) is 2.87. The fraction of sp³-hybridized carbons (Fsp3) is 0.667. The van der Waals surface area contributed by atoms with E-state index < -0.39 is 6.10 Å². The zero-order valence-electron chi connectivity index (χ0n) is 14.7. The van der Waals surface area contributed by atoms with Gasteiger partial charge in [0.15, 0.2) is 11.5 Å². The lowest BCUT2D eigenvalue weighted by Gasteiger charge is -2.31. The van der Waals surface area contributed by atoms with Gasteiger partial charge in [0, 0.05) is 18.7 Å². The average Bonchev–Trinajstić information content (AvgIpc) is 2.58. The van der Waals surface area contributed by atoms with Crippen molar-refractivity contribution in [3.8, 4) is 17.2 Å². The normalized spacial score (nSPS) is 20.1. The Morgan fingerprint density at radius 2 is 1.91 bits per heavy atom. The van der Waals surface area contributed by atoms with Gasteiger partial charge >= 0.3 is 0 Å². The molecule has 0 radical (unpaired) electrons. The maximum atomic E-state index is 10.6. The molecule has 2 unspecified atom stereocenters. The Morgan fingerprint density at radius 1 is 1.17 bits per heavy atom. The van der Waals surface area contributed by atoms with Gasteiger partial charge in [-0.1, -0.05) is 6.92 Å². The number of likely N-dealkylation sites (tertiary alicyclic amines) is 1. The number of benzene rings is 1. The van der Waals surface area contributed by atoms with Crippen LogP contribution in [0, 0.1) is 5.92 Å². The van der Waals surface area contributed by atoms with Crippen LogP contribution < -0.4 is 14.2 Å². The molecule has 5 nitrogen and oxygen atoms in total. The minimum Gasteiger partial charge on any atom is -0.493 e. The van der Waals surface area contributed by atoms with Crippen LogP contribution in [0.1, 0.15) is 37.9 Å². The second kappa shape index (κ2) is 8.41. The van der Waals surface area contributed by atoms with E-state index in [1.807, 2.05) is 12.1 Å². The van der Waals surface area contributed by atoms with Crippen LogP contribution in [0.5, 0.6) is 17.2 Å². The van der Waals surface area contributed by atoms with E-state index in [-0.39, 0.29) is 0 Å². The molecular formula is C18H29NO4. The van der Waals surface area contributed by atoms with Crippen LogP contribution in [-0.4, -0.2) is 51.0 Å². The Morgan fingerprint density at radius 3 is 2.52 bits per heavy atom. The Hall–Kier alpha value is -1.46. The van der Waals surface area contributed by atoms with Gasteiger partial charge in [0.1, 0.15) is 0 Å². The Bertz CT molecular complexity index is 506. The van der Waals surface area contributed by atoms with E-state index >= 15 is 0 Å². The first kappa shape index (κ1) is 17.9. The zero-order valence-corrected chi connectivity index (χ0v) is 14.7. The van der Waals surface area contributed by atoms with E-state index in [9.17, 15) is 5.11 Å². The molecule has 130 valence electrons. The van der Waals surface area contributed by atoms with E-state index in [1.54, 1.807) is 21.3 Å². The second-order valence-electron chi connectivity index (χ2n) is 6.28. The lowest BCUT2D eigenvalue weighted by Crippen LogP contribution is -2.35. The van der Waals surface area contributed by atoms with Crippen LogP contribution in [0.15, 0.2) is 12.1 Å². The summed E-state index contributed by atoms with van der Waals surface area (Å²) in [7, 11) is 4.75. The van der Waals surface area contributed by atoms with Crippen LogP contribution in [0.25, 0.3) is 0 Å². The number of hydrogen-bond donors (Lipinski definition) is 1. The molecule has 23 heavy (non-hydrogen) atoms. The highest BCUT2D eigenvalue weighted by molar-refractivity contribution is 5.56. The largest absolute Gasteiger partial charge is 0.493 e. The number of nitrogens with zero attached hydrogens (tertiary/aromatic N) is 1. The molecule has 0 bridgehead atoms. The Kier molecular flexibility index (Phi) is 6.54. The van der Waals surface area contributed by atoms with Crippen molar-refractivity contribution in [1.82, 2.24) is 4.90 Å². The predicted molar refractivity (Wildman–Crippen MR) is 90.5 cm³/mol. The number of aliphatic hydroxyl groups is 1. The fourth-order valence-corrected chi connectivity index (χ4v) is 3.34. The van der Waals surface area contributed by atoms with Gasteiger partial charge in [-0.3, -0.25) is 0 Å². The van der Waals surface area contributed by atoms with Gasteiger partial charge in [0.05, 0.1) is 27.4 Å². The number of methoxy groups -OCH3 is 3. The van der Waals surface area contributed by atoms with Crippen molar-refractivity contribution in [2.24, 2.45) is 5.92 Å². The molecule has 0 amide bonds. The van der Waals surface area contributed by atoms with Crippen LogP contribution >= 0.6 is 0 Å². The van der Waals surface area contributed by atoms with E-state index in [1.165, 1.54) is 12.8 Å². The molecule has 1 N–H and O–H groups in total. The van der Waals surface area contributed by atoms with Gasteiger partial charge in [-0.15, -0.1) is 0 Å². The molecule has 0 aromatic heterocycles. The smallest absolute Gasteiger partial charge is 0.203 e. The molecule has 1 aromatic carbocycles. The molecule has 1 aliphatic heterocycles. The summed E-state index contributed by atoms with van der Waals surface area (Å²) in [5, 5.41) is 10.6. The van der Waals surface area contributed by atoms with Gasteiger partial charge in [0.25, 0.3) is 0 Å². The molecule has 0 aliphatic carbocycles. The summed E-state index contributed by atoms with van der Waals surface area (Å²) in [4.78, 5) is 2.44. The van der Waals surface area contributed by atoms with Crippen molar-refractivity contribution in [2.45, 2.75) is 32.3 Å². The number of aliphatic hydroxyl groups excluding tert-OH is 1. The maximum absolute atomic E-state index is 10.6. The maximum Gasteiger partial charge on any atom is 0.203 e. The van der Waals surface area contributed by atoms with Crippen molar-refractivity contribution in [3.63, 3.8) is 0 Å². The molecule has 1 aromatic rings. The third kappa shape index (κ3) is 4.30. The summed E-state index contributed by atoms with van der Waals surface area (Å²) in [5.74, 6) is 2.42. The van der Waals surface area contributed by atoms with Crippen molar-refractivity contribution in [2.75, 3.05) is 41.0 Å². The third-order valence-electron chi connectivity index (χ3n) is 4.55. The van der Waals surface area contributed by atoms with Gasteiger partial charge in [-0.25, -0.2) is 0 Å². The molecule has 0 saturated carbocycles. The monoisotopic (exact) mass is 323 g/mol. The SMILES string of the molecule is COc1ccc(C(O)CCN2CCCC(C)C2)c(OC)c1OC. The van der Waals surface area contributed by atoms with Crippen LogP contribution in [-0.2, 0) is 0 Å². The minimum absolute atomic E-state index is 0.526. The second-order valence-corrected chi connectivity index (χ2v) is 6.28. The highest BCUT2D eigenvalue weighted by atomic mass is 16.5. The summed E-state index contributed by atoms with van der Waals surface area (Å²) < 4.78 is 16.1. The van der Waals surface area contributed by atoms with Crippen LogP contribution in [0.3, 0.4) is 0 Å². The lowest BCUT2D eigenvalue weighted by molar-refractivity contribution is 0.119. The number of ether oxygens (including phenoxy) is 3. The molecule has 5 heteroatoms. The highest BCUT2D eigenvalue weighted by Crippen LogP contribution is 2.42. The molecule has 1 fully saturated rings. The zero-order chi connectivity index (χ0) is 16.8. The molecule has 1 heterocycles. The fourth-order valence-electron chi connectivity index (χ4n) is 3.34. The Balaban J connectivity index is 2.07. The molecule has 0 spiro atoms. The first-order chi connectivity index (χ1) is 11.1. The number of hydrogen-bond acceptors (Lipinski definition) is 5. The summed E-state index contributed by atoms with van der Waals surface area (Å²) in [6.07, 6.45) is 2.65. The van der Waals surface area contributed by atoms with Crippen LogP contribution in [0.4, 0.5) is 0 Å².